The fourth-order valence-corrected chi connectivity index (χ4v) is 2.27. The fraction of sp³-hybridized carbons (Fsp3) is 0.316. The number of halogens is 1. The van der Waals surface area contributed by atoms with Gasteiger partial charge in [0.1, 0.15) is 5.75 Å². The molecule has 24 heavy (non-hydrogen) atoms. The standard InChI is InChI=1S/C19H23ClN2O2/c1-12(18(23)22-14-7-10-16(20)17(21)11-14)24-15-8-5-13(6-9-15)19(2,3)4/h5-12H,21H2,1-4H3,(H,22,23)/t12-/m1/s1. The Labute approximate surface area is 148 Å². The van der Waals surface area contributed by atoms with E-state index in [1.165, 1.54) is 5.56 Å². The Morgan fingerprint density at radius 1 is 1.17 bits per heavy atom. The van der Waals surface area contributed by atoms with Crippen LogP contribution in [-0.4, -0.2) is 12.0 Å². The van der Waals surface area contributed by atoms with Gasteiger partial charge in [0.05, 0.1) is 10.7 Å². The van der Waals surface area contributed by atoms with Crippen molar-refractivity contribution in [3.63, 3.8) is 0 Å². The molecule has 0 saturated heterocycles. The Bertz CT molecular complexity index is 721. The number of carbonyl (C=O) groups is 1. The average molecular weight is 347 g/mol. The van der Waals surface area contributed by atoms with E-state index in [-0.39, 0.29) is 11.3 Å². The molecular formula is C19H23ClN2O2. The van der Waals surface area contributed by atoms with E-state index in [1.54, 1.807) is 25.1 Å². The molecule has 0 saturated carbocycles. The normalized spacial score (nSPS) is 12.5. The smallest absolute Gasteiger partial charge is 0.265 e. The molecule has 0 aliphatic rings. The van der Waals surface area contributed by atoms with Gasteiger partial charge < -0.3 is 15.8 Å². The molecule has 128 valence electrons. The first-order valence-corrected chi connectivity index (χ1v) is 8.17. The molecule has 2 aromatic rings. The Hall–Kier alpha value is -2.20. The van der Waals surface area contributed by atoms with Crippen LogP contribution in [0.1, 0.15) is 33.3 Å². The van der Waals surface area contributed by atoms with Crippen molar-refractivity contribution in [2.45, 2.75) is 39.2 Å². The number of hydrogen-bond donors (Lipinski definition) is 2. The van der Waals surface area contributed by atoms with Crippen molar-refractivity contribution in [1.82, 2.24) is 0 Å². The van der Waals surface area contributed by atoms with Gasteiger partial charge in [0, 0.05) is 5.69 Å². The summed E-state index contributed by atoms with van der Waals surface area (Å²) in [6.07, 6.45) is -0.637. The summed E-state index contributed by atoms with van der Waals surface area (Å²) < 4.78 is 5.70. The minimum atomic E-state index is -0.637. The molecule has 0 fully saturated rings. The summed E-state index contributed by atoms with van der Waals surface area (Å²) in [6.45, 7) is 8.15. The van der Waals surface area contributed by atoms with Crippen LogP contribution in [0, 0.1) is 0 Å². The second-order valence-electron chi connectivity index (χ2n) is 6.76. The van der Waals surface area contributed by atoms with E-state index in [0.717, 1.165) is 0 Å². The van der Waals surface area contributed by atoms with E-state index in [9.17, 15) is 4.79 Å². The zero-order chi connectivity index (χ0) is 17.9. The Morgan fingerprint density at radius 3 is 2.33 bits per heavy atom. The maximum Gasteiger partial charge on any atom is 0.265 e. The van der Waals surface area contributed by atoms with Crippen LogP contribution in [0.3, 0.4) is 0 Å². The zero-order valence-corrected chi connectivity index (χ0v) is 15.1. The lowest BCUT2D eigenvalue weighted by molar-refractivity contribution is -0.122. The number of ether oxygens (including phenoxy) is 1. The van der Waals surface area contributed by atoms with Crippen LogP contribution in [0.5, 0.6) is 5.75 Å². The highest BCUT2D eigenvalue weighted by atomic mass is 35.5. The topological polar surface area (TPSA) is 64.3 Å². The summed E-state index contributed by atoms with van der Waals surface area (Å²) in [4.78, 5) is 12.2. The van der Waals surface area contributed by atoms with E-state index in [1.807, 2.05) is 24.3 Å². The van der Waals surface area contributed by atoms with Gasteiger partial charge in [-0.1, -0.05) is 44.5 Å². The molecule has 1 amide bonds. The second-order valence-corrected chi connectivity index (χ2v) is 7.17. The summed E-state index contributed by atoms with van der Waals surface area (Å²) in [7, 11) is 0. The highest BCUT2D eigenvalue weighted by molar-refractivity contribution is 6.33. The maximum absolute atomic E-state index is 12.2. The van der Waals surface area contributed by atoms with Crippen LogP contribution in [-0.2, 0) is 10.2 Å². The van der Waals surface area contributed by atoms with Crippen molar-refractivity contribution in [3.8, 4) is 5.75 Å². The van der Waals surface area contributed by atoms with E-state index >= 15 is 0 Å². The molecule has 0 bridgehead atoms. The van der Waals surface area contributed by atoms with Crippen molar-refractivity contribution < 1.29 is 9.53 Å². The van der Waals surface area contributed by atoms with Gasteiger partial charge in [-0.25, -0.2) is 0 Å². The molecule has 4 nitrogen and oxygen atoms in total. The molecule has 1 atom stereocenters. The number of nitrogens with one attached hydrogen (secondary N) is 1. The summed E-state index contributed by atoms with van der Waals surface area (Å²) >= 11 is 5.87. The predicted octanol–water partition coefficient (Wildman–Crippen LogP) is 4.63. The molecule has 0 spiro atoms. The van der Waals surface area contributed by atoms with Crippen LogP contribution in [0.25, 0.3) is 0 Å². The van der Waals surface area contributed by atoms with Crippen LogP contribution in [0.4, 0.5) is 11.4 Å². The largest absolute Gasteiger partial charge is 0.481 e. The highest BCUT2D eigenvalue weighted by Gasteiger charge is 2.17. The van der Waals surface area contributed by atoms with Crippen LogP contribution in [0.15, 0.2) is 42.5 Å². The molecule has 0 aromatic heterocycles. The molecule has 5 heteroatoms. The third-order valence-corrected chi connectivity index (χ3v) is 4.01. The SMILES string of the molecule is C[C@@H](Oc1ccc(C(C)(C)C)cc1)C(=O)Nc1ccc(Cl)c(N)c1. The monoisotopic (exact) mass is 346 g/mol. The van der Waals surface area contributed by atoms with Crippen LogP contribution in [0.2, 0.25) is 5.02 Å². The molecule has 0 radical (unpaired) electrons. The van der Waals surface area contributed by atoms with Crippen molar-refractivity contribution in [2.24, 2.45) is 0 Å². The van der Waals surface area contributed by atoms with Gasteiger partial charge in [0.25, 0.3) is 5.91 Å². The van der Waals surface area contributed by atoms with Crippen molar-refractivity contribution in [3.05, 3.63) is 53.1 Å². The molecule has 2 aromatic carbocycles. The van der Waals surface area contributed by atoms with Crippen molar-refractivity contribution in [1.29, 1.82) is 0 Å². The van der Waals surface area contributed by atoms with E-state index in [4.69, 9.17) is 22.1 Å². The first-order chi connectivity index (χ1) is 11.2. The minimum Gasteiger partial charge on any atom is -0.481 e. The quantitative estimate of drug-likeness (QED) is 0.793. The van der Waals surface area contributed by atoms with Gasteiger partial charge in [0.2, 0.25) is 0 Å². The maximum atomic E-state index is 12.2. The average Bonchev–Trinajstić information content (AvgIpc) is 2.50. The number of amides is 1. The first kappa shape index (κ1) is 18.1. The molecule has 0 heterocycles. The van der Waals surface area contributed by atoms with Gasteiger partial charge in [-0.2, -0.15) is 0 Å². The molecule has 0 unspecified atom stereocenters. The lowest BCUT2D eigenvalue weighted by Crippen LogP contribution is -2.30. The van der Waals surface area contributed by atoms with Crippen LogP contribution >= 0.6 is 11.6 Å². The van der Waals surface area contributed by atoms with Crippen molar-refractivity contribution in [2.75, 3.05) is 11.1 Å². The molecule has 3 N–H and O–H groups in total. The van der Waals surface area contributed by atoms with Gasteiger partial charge in [-0.15, -0.1) is 0 Å². The minimum absolute atomic E-state index is 0.0794. The molecule has 2 rings (SSSR count). The first-order valence-electron chi connectivity index (χ1n) is 7.80. The summed E-state index contributed by atoms with van der Waals surface area (Å²) in [5, 5.41) is 3.22. The summed E-state index contributed by atoms with van der Waals surface area (Å²) in [5.74, 6) is 0.401. The molecule has 0 aliphatic heterocycles. The van der Waals surface area contributed by atoms with E-state index < -0.39 is 6.10 Å². The number of nitrogen functional groups attached to an aromatic ring is 1. The van der Waals surface area contributed by atoms with Gasteiger partial charge >= 0.3 is 0 Å². The Morgan fingerprint density at radius 2 is 1.79 bits per heavy atom. The lowest BCUT2D eigenvalue weighted by atomic mass is 9.87. The number of nitrogens with two attached hydrogens (primary N) is 1. The van der Waals surface area contributed by atoms with E-state index in [0.29, 0.717) is 22.1 Å². The number of hydrogen-bond acceptors (Lipinski definition) is 3. The number of rotatable bonds is 4. The third-order valence-electron chi connectivity index (χ3n) is 3.67. The van der Waals surface area contributed by atoms with E-state index in [2.05, 4.69) is 26.1 Å². The number of benzene rings is 2. The van der Waals surface area contributed by atoms with Crippen LogP contribution < -0.4 is 15.8 Å². The summed E-state index contributed by atoms with van der Waals surface area (Å²) in [6, 6.07) is 12.7. The van der Waals surface area contributed by atoms with Crippen molar-refractivity contribution >= 4 is 28.9 Å². The van der Waals surface area contributed by atoms with Gasteiger partial charge in [-0.3, -0.25) is 4.79 Å². The van der Waals surface area contributed by atoms with Gasteiger partial charge in [-0.05, 0) is 48.2 Å². The van der Waals surface area contributed by atoms with Gasteiger partial charge in [0.15, 0.2) is 6.10 Å². The lowest BCUT2D eigenvalue weighted by Gasteiger charge is -2.20. The Kier molecular flexibility index (Phi) is 5.40. The molecular weight excluding hydrogens is 324 g/mol. The third kappa shape index (κ3) is 4.65. The number of anilines is 2. The zero-order valence-electron chi connectivity index (χ0n) is 14.4. The Balaban J connectivity index is 1.99. The fourth-order valence-electron chi connectivity index (χ4n) is 2.16. The summed E-state index contributed by atoms with van der Waals surface area (Å²) in [5.41, 5.74) is 8.02. The number of carbonyl (C=O) groups excluding carboxylic acids is 1. The predicted molar refractivity (Wildman–Crippen MR) is 99.7 cm³/mol. The second kappa shape index (κ2) is 7.14. The highest BCUT2D eigenvalue weighted by Crippen LogP contribution is 2.25. The molecule has 0 aliphatic carbocycles.